The fraction of sp³-hybridized carbons (Fsp3) is 0.404. The fourth-order valence-electron chi connectivity index (χ4n) is 9.51. The summed E-state index contributed by atoms with van der Waals surface area (Å²) in [5, 5.41) is 16.6. The van der Waals surface area contributed by atoms with Crippen LogP contribution >= 0.6 is 11.6 Å². The number of sulfonamides is 1. The van der Waals surface area contributed by atoms with E-state index in [1.165, 1.54) is 47.9 Å². The molecule has 2 aliphatic heterocycles. The van der Waals surface area contributed by atoms with Gasteiger partial charge in [-0.25, -0.2) is 18.1 Å². The third kappa shape index (κ3) is 9.07. The quantitative estimate of drug-likeness (QED) is 0.0759. The summed E-state index contributed by atoms with van der Waals surface area (Å²) in [6.07, 6.45) is 7.62. The van der Waals surface area contributed by atoms with Gasteiger partial charge >= 0.3 is 0 Å². The van der Waals surface area contributed by atoms with Crippen molar-refractivity contribution in [2.45, 2.75) is 63.5 Å². The van der Waals surface area contributed by atoms with Crippen LogP contribution in [0.4, 0.5) is 17.1 Å². The molecule has 336 valence electrons. The molecule has 4 heterocycles. The number of aromatic nitrogens is 2. The summed E-state index contributed by atoms with van der Waals surface area (Å²) in [7, 11) is -4.59. The van der Waals surface area contributed by atoms with E-state index in [2.05, 4.69) is 62.7 Å². The van der Waals surface area contributed by atoms with Gasteiger partial charge in [-0.2, -0.15) is 0 Å². The van der Waals surface area contributed by atoms with E-state index in [4.69, 9.17) is 25.8 Å². The van der Waals surface area contributed by atoms with E-state index in [1.807, 2.05) is 18.2 Å². The molecule has 1 amide bonds. The van der Waals surface area contributed by atoms with Crippen LogP contribution < -0.4 is 19.7 Å². The molecule has 3 fully saturated rings. The summed E-state index contributed by atoms with van der Waals surface area (Å²) in [6.45, 7) is 11.6. The number of fused-ring (bicyclic) bond motifs is 1. The van der Waals surface area contributed by atoms with Crippen molar-refractivity contribution in [3.8, 4) is 11.5 Å². The minimum absolute atomic E-state index is 0.0495. The molecule has 17 heteroatoms. The first kappa shape index (κ1) is 43.7. The standard InChI is InChI=1S/C47H52ClN7O8S/c1-30-27-54(17-16-53(30)28-33-23-47(13-14-47)46(2,3)24-40(33)31-4-6-34(48)7-5-31)35-8-10-39(43(21-35)63-36-20-32-12-15-49-44(32)51-25-36)45(56)52-64(59,60)38-9-11-41(42(22-38)55(57)58)50-26-37-29-61-18-19-62-37/h4-12,15,20-22,25,30,37,50H,13-14,16-19,23-24,26-29H2,1-3H3,(H,49,51)(H,52,56)/t30-,37+/m1/s1. The van der Waals surface area contributed by atoms with Crippen molar-refractivity contribution in [3.05, 3.63) is 117 Å². The van der Waals surface area contributed by atoms with Crippen molar-refractivity contribution >= 4 is 61.2 Å². The smallest absolute Gasteiger partial charge is 0.293 e. The Labute approximate surface area is 377 Å². The van der Waals surface area contributed by atoms with E-state index in [9.17, 15) is 23.3 Å². The number of ether oxygens (including phenoxy) is 3. The van der Waals surface area contributed by atoms with Gasteiger partial charge in [0.1, 0.15) is 22.8 Å². The Hall–Kier alpha value is -5.52. The number of halogens is 1. The molecule has 64 heavy (non-hydrogen) atoms. The lowest BCUT2D eigenvalue weighted by atomic mass is 9.63. The van der Waals surface area contributed by atoms with Crippen molar-refractivity contribution in [2.24, 2.45) is 10.8 Å². The first-order valence-corrected chi connectivity index (χ1v) is 23.5. The number of hydrogen-bond acceptors (Lipinski definition) is 12. The van der Waals surface area contributed by atoms with E-state index in [0.29, 0.717) is 49.7 Å². The minimum Gasteiger partial charge on any atom is -0.455 e. The number of piperazine rings is 1. The molecule has 1 saturated carbocycles. The molecular formula is C47H52ClN7O8S. The summed E-state index contributed by atoms with van der Waals surface area (Å²) in [6, 6.07) is 20.6. The van der Waals surface area contributed by atoms with Crippen LogP contribution in [0.25, 0.3) is 16.6 Å². The maximum absolute atomic E-state index is 14.0. The Morgan fingerprint density at radius 3 is 2.59 bits per heavy atom. The van der Waals surface area contributed by atoms with Crippen LogP contribution in [0, 0.1) is 20.9 Å². The Balaban J connectivity index is 0.949. The van der Waals surface area contributed by atoms with E-state index in [0.717, 1.165) is 48.1 Å². The molecule has 2 atom stereocenters. The summed E-state index contributed by atoms with van der Waals surface area (Å²) >= 11 is 6.31. The van der Waals surface area contributed by atoms with Gasteiger partial charge in [-0.05, 0) is 103 Å². The van der Waals surface area contributed by atoms with Crippen LogP contribution in [0.1, 0.15) is 62.4 Å². The van der Waals surface area contributed by atoms with Crippen molar-refractivity contribution in [1.82, 2.24) is 19.6 Å². The van der Waals surface area contributed by atoms with Crippen molar-refractivity contribution in [3.63, 3.8) is 0 Å². The summed E-state index contributed by atoms with van der Waals surface area (Å²) in [5.74, 6) is -0.505. The Morgan fingerprint density at radius 1 is 1.05 bits per heavy atom. The molecule has 0 unspecified atom stereocenters. The van der Waals surface area contributed by atoms with E-state index >= 15 is 0 Å². The predicted octanol–water partition coefficient (Wildman–Crippen LogP) is 8.43. The number of nitro benzene ring substituents is 1. The monoisotopic (exact) mass is 909 g/mol. The lowest BCUT2D eigenvalue weighted by Crippen LogP contribution is -2.52. The largest absolute Gasteiger partial charge is 0.455 e. The van der Waals surface area contributed by atoms with Gasteiger partial charge in [-0.1, -0.05) is 43.2 Å². The number of carbonyl (C=O) groups is 1. The van der Waals surface area contributed by atoms with Gasteiger partial charge < -0.3 is 29.4 Å². The van der Waals surface area contributed by atoms with Crippen molar-refractivity contribution in [2.75, 3.05) is 62.8 Å². The molecule has 0 bridgehead atoms. The number of carbonyl (C=O) groups excluding carboxylic acids is 1. The molecule has 15 nitrogen and oxygen atoms in total. The normalized spacial score (nSPS) is 20.9. The number of pyridine rings is 1. The number of nitrogens with one attached hydrogen (secondary N) is 3. The number of rotatable bonds is 13. The number of nitro groups is 1. The summed E-state index contributed by atoms with van der Waals surface area (Å²) in [5.41, 5.74) is 5.80. The van der Waals surface area contributed by atoms with E-state index in [1.54, 1.807) is 30.5 Å². The lowest BCUT2D eigenvalue weighted by Gasteiger charge is -2.45. The lowest BCUT2D eigenvalue weighted by molar-refractivity contribution is -0.384. The van der Waals surface area contributed by atoms with Crippen LogP contribution in [0.15, 0.2) is 95.7 Å². The Morgan fingerprint density at radius 2 is 1.86 bits per heavy atom. The second-order valence-corrected chi connectivity index (χ2v) is 20.2. The first-order chi connectivity index (χ1) is 30.7. The topological polar surface area (TPSA) is 181 Å². The third-order valence-electron chi connectivity index (χ3n) is 13.5. The molecule has 5 aromatic rings. The van der Waals surface area contributed by atoms with Crippen molar-refractivity contribution < 1.29 is 32.3 Å². The molecule has 2 aromatic heterocycles. The van der Waals surface area contributed by atoms with Crippen LogP contribution in [0.2, 0.25) is 5.02 Å². The number of H-pyrrole nitrogens is 1. The number of benzene rings is 3. The average Bonchev–Trinajstić information content (AvgIpc) is 3.92. The van der Waals surface area contributed by atoms with Gasteiger partial charge in [0.05, 0.1) is 47.5 Å². The Bertz CT molecular complexity index is 2730. The molecule has 2 saturated heterocycles. The Kier molecular flexibility index (Phi) is 11.9. The molecule has 2 aliphatic carbocycles. The van der Waals surface area contributed by atoms with Crippen LogP contribution in [0.3, 0.4) is 0 Å². The van der Waals surface area contributed by atoms with Gasteiger partial charge in [-0.15, -0.1) is 0 Å². The van der Waals surface area contributed by atoms with Crippen LogP contribution in [0.5, 0.6) is 11.5 Å². The highest BCUT2D eigenvalue weighted by Crippen LogP contribution is 2.67. The summed E-state index contributed by atoms with van der Waals surface area (Å²) < 4.78 is 46.9. The zero-order valence-electron chi connectivity index (χ0n) is 36.1. The fourth-order valence-corrected chi connectivity index (χ4v) is 10.6. The number of anilines is 2. The van der Waals surface area contributed by atoms with Crippen LogP contribution in [-0.4, -0.2) is 98.8 Å². The highest BCUT2D eigenvalue weighted by molar-refractivity contribution is 7.90. The maximum atomic E-state index is 14.0. The molecular weight excluding hydrogens is 858 g/mol. The molecule has 1 spiro atoms. The average molecular weight is 910 g/mol. The molecule has 3 aromatic carbocycles. The van der Waals surface area contributed by atoms with Gasteiger partial charge in [-0.3, -0.25) is 19.8 Å². The minimum atomic E-state index is -4.59. The van der Waals surface area contributed by atoms with Crippen LogP contribution in [-0.2, 0) is 19.5 Å². The predicted molar refractivity (Wildman–Crippen MR) is 246 cm³/mol. The first-order valence-electron chi connectivity index (χ1n) is 21.7. The highest BCUT2D eigenvalue weighted by atomic mass is 35.5. The maximum Gasteiger partial charge on any atom is 0.293 e. The number of allylic oxidation sites excluding steroid dienone is 1. The SMILES string of the molecule is C[C@@H]1CN(c2ccc(C(=O)NS(=O)(=O)c3ccc(NC[C@H]4COCCO4)c([N+](=O)[O-])c3)c(Oc3cnc4[nH]ccc4c3)c2)CCN1CC1=C(c2ccc(Cl)cc2)CC(C)(C)C2(CC2)C1. The highest BCUT2D eigenvalue weighted by Gasteiger charge is 2.56. The molecule has 3 N–H and O–H groups in total. The zero-order valence-corrected chi connectivity index (χ0v) is 37.6. The second kappa shape index (κ2) is 17.5. The van der Waals surface area contributed by atoms with Gasteiger partial charge in [0, 0.05) is 73.2 Å². The number of amides is 1. The third-order valence-corrected chi connectivity index (χ3v) is 15.1. The van der Waals surface area contributed by atoms with E-state index < -0.39 is 31.4 Å². The zero-order chi connectivity index (χ0) is 44.8. The number of aromatic amines is 1. The number of nitrogens with zero attached hydrogens (tertiary/aromatic N) is 4. The van der Waals surface area contributed by atoms with Crippen molar-refractivity contribution in [1.29, 1.82) is 0 Å². The number of hydrogen-bond donors (Lipinski definition) is 3. The molecule has 4 aliphatic rings. The molecule has 9 rings (SSSR count). The van der Waals surface area contributed by atoms with Gasteiger partial charge in [0.25, 0.3) is 21.6 Å². The molecule has 0 radical (unpaired) electrons. The van der Waals surface area contributed by atoms with Gasteiger partial charge in [0.2, 0.25) is 0 Å². The second-order valence-electron chi connectivity index (χ2n) is 18.1. The van der Waals surface area contributed by atoms with E-state index in [-0.39, 0.29) is 41.1 Å². The summed E-state index contributed by atoms with van der Waals surface area (Å²) in [4.78, 5) is 37.2. The van der Waals surface area contributed by atoms with Gasteiger partial charge in [0.15, 0.2) is 0 Å².